The summed E-state index contributed by atoms with van der Waals surface area (Å²) in [7, 11) is -3.61. The highest BCUT2D eigenvalue weighted by atomic mass is 32.2. The Morgan fingerprint density at radius 1 is 1.14 bits per heavy atom. The Kier molecular flexibility index (Phi) is 3.80. The molecule has 2 N–H and O–H groups in total. The molecule has 21 heavy (non-hydrogen) atoms. The Bertz CT molecular complexity index is 677. The molecule has 1 fully saturated rings. The van der Waals surface area contributed by atoms with Gasteiger partial charge in [0, 0.05) is 24.5 Å². The maximum Gasteiger partial charge on any atom is 0.278 e. The number of ether oxygens (including phenoxy) is 1. The summed E-state index contributed by atoms with van der Waals surface area (Å²) in [5, 5.41) is 6.12. The second-order valence-corrected chi connectivity index (χ2v) is 6.32. The predicted molar refractivity (Wildman–Crippen MR) is 78.9 cm³/mol. The number of nitrogens with zero attached hydrogens (tertiary/aromatic N) is 2. The van der Waals surface area contributed by atoms with Gasteiger partial charge in [-0.25, -0.2) is 0 Å². The second kappa shape index (κ2) is 5.74. The number of morpholine rings is 1. The van der Waals surface area contributed by atoms with Gasteiger partial charge < -0.3 is 9.64 Å². The van der Waals surface area contributed by atoms with E-state index in [0.717, 1.165) is 18.8 Å². The first kappa shape index (κ1) is 13.9. The van der Waals surface area contributed by atoms with Crippen LogP contribution in [0, 0.1) is 0 Å². The lowest BCUT2D eigenvalue weighted by molar-refractivity contribution is 0.122. The van der Waals surface area contributed by atoms with Gasteiger partial charge in [0.2, 0.25) is 0 Å². The van der Waals surface area contributed by atoms with Crippen molar-refractivity contribution in [3.05, 3.63) is 36.5 Å². The summed E-state index contributed by atoms with van der Waals surface area (Å²) in [5.74, 6) is 0. The van der Waals surface area contributed by atoms with Crippen LogP contribution in [-0.4, -0.2) is 44.9 Å². The highest BCUT2D eigenvalue weighted by Gasteiger charge is 2.16. The third-order valence-corrected chi connectivity index (χ3v) is 4.57. The van der Waals surface area contributed by atoms with Gasteiger partial charge in [0.15, 0.2) is 5.03 Å². The zero-order valence-electron chi connectivity index (χ0n) is 11.3. The van der Waals surface area contributed by atoms with Gasteiger partial charge in [0.05, 0.1) is 19.4 Å². The molecule has 2 aromatic rings. The molecule has 1 saturated heterocycles. The zero-order valence-corrected chi connectivity index (χ0v) is 12.1. The molecular formula is C13H16N4O3S. The van der Waals surface area contributed by atoms with Gasteiger partial charge in [-0.1, -0.05) is 0 Å². The van der Waals surface area contributed by atoms with Crippen molar-refractivity contribution in [1.82, 2.24) is 10.2 Å². The van der Waals surface area contributed by atoms with E-state index in [2.05, 4.69) is 19.8 Å². The van der Waals surface area contributed by atoms with Crippen molar-refractivity contribution in [2.75, 3.05) is 35.9 Å². The lowest BCUT2D eigenvalue weighted by Gasteiger charge is -2.28. The van der Waals surface area contributed by atoms with Crippen LogP contribution in [0.1, 0.15) is 0 Å². The minimum Gasteiger partial charge on any atom is -0.378 e. The summed E-state index contributed by atoms with van der Waals surface area (Å²) in [5.41, 5.74) is 1.57. The number of aromatic amines is 1. The second-order valence-electron chi connectivity index (χ2n) is 4.67. The van der Waals surface area contributed by atoms with E-state index < -0.39 is 10.0 Å². The van der Waals surface area contributed by atoms with Gasteiger partial charge in [-0.3, -0.25) is 9.82 Å². The Balaban J connectivity index is 1.72. The number of anilines is 2. The molecule has 112 valence electrons. The number of hydrogen-bond donors (Lipinski definition) is 2. The molecule has 1 aliphatic rings. The van der Waals surface area contributed by atoms with Crippen molar-refractivity contribution in [3.8, 4) is 0 Å². The van der Waals surface area contributed by atoms with Crippen molar-refractivity contribution in [2.45, 2.75) is 5.03 Å². The van der Waals surface area contributed by atoms with Crippen molar-refractivity contribution < 1.29 is 13.2 Å². The molecule has 0 radical (unpaired) electrons. The van der Waals surface area contributed by atoms with Crippen LogP contribution in [0.3, 0.4) is 0 Å². The van der Waals surface area contributed by atoms with Crippen molar-refractivity contribution in [2.24, 2.45) is 0 Å². The fraction of sp³-hybridized carbons (Fsp3) is 0.308. The van der Waals surface area contributed by atoms with E-state index in [4.69, 9.17) is 4.74 Å². The number of aromatic nitrogens is 2. The number of hydrogen-bond acceptors (Lipinski definition) is 5. The fourth-order valence-electron chi connectivity index (χ4n) is 2.16. The van der Waals surface area contributed by atoms with Crippen LogP contribution in [-0.2, 0) is 14.8 Å². The standard InChI is InChI=1S/C13H16N4O3S/c18-21(19,13-5-6-14-15-13)16-11-1-3-12(4-2-11)17-7-9-20-10-8-17/h1-6,16H,7-10H2,(H,14,15). The van der Waals surface area contributed by atoms with Gasteiger partial charge in [-0.2, -0.15) is 13.5 Å². The SMILES string of the molecule is O=S(=O)(Nc1ccc(N2CCOCC2)cc1)c1ccn[nH]1. The van der Waals surface area contributed by atoms with Gasteiger partial charge in [-0.15, -0.1) is 0 Å². The highest BCUT2D eigenvalue weighted by Crippen LogP contribution is 2.20. The van der Waals surface area contributed by atoms with E-state index >= 15 is 0 Å². The topological polar surface area (TPSA) is 87.3 Å². The molecule has 7 nitrogen and oxygen atoms in total. The van der Waals surface area contributed by atoms with Crippen molar-refractivity contribution in [1.29, 1.82) is 0 Å². The van der Waals surface area contributed by atoms with E-state index in [0.29, 0.717) is 18.9 Å². The normalized spacial score (nSPS) is 15.9. The molecule has 8 heteroatoms. The number of H-pyrrole nitrogens is 1. The smallest absolute Gasteiger partial charge is 0.278 e. The molecule has 0 atom stereocenters. The Morgan fingerprint density at radius 3 is 2.48 bits per heavy atom. The first-order chi connectivity index (χ1) is 10.1. The molecule has 0 unspecified atom stereocenters. The maximum absolute atomic E-state index is 12.0. The molecule has 0 amide bonds. The Labute approximate surface area is 123 Å². The molecule has 0 spiro atoms. The number of rotatable bonds is 4. The van der Waals surface area contributed by atoms with Crippen LogP contribution in [0.4, 0.5) is 11.4 Å². The van der Waals surface area contributed by atoms with Gasteiger partial charge in [0.1, 0.15) is 0 Å². The summed E-state index contributed by atoms with van der Waals surface area (Å²) >= 11 is 0. The molecule has 2 heterocycles. The van der Waals surface area contributed by atoms with E-state index in [1.54, 1.807) is 12.1 Å². The number of benzene rings is 1. The van der Waals surface area contributed by atoms with Crippen LogP contribution in [0.5, 0.6) is 0 Å². The molecular weight excluding hydrogens is 292 g/mol. The quantitative estimate of drug-likeness (QED) is 0.881. The van der Waals surface area contributed by atoms with Crippen LogP contribution in [0.2, 0.25) is 0 Å². The molecule has 1 aliphatic heterocycles. The predicted octanol–water partition coefficient (Wildman–Crippen LogP) is 1.05. The van der Waals surface area contributed by atoms with E-state index in [1.807, 2.05) is 12.1 Å². The lowest BCUT2D eigenvalue weighted by atomic mass is 10.2. The van der Waals surface area contributed by atoms with Crippen LogP contribution < -0.4 is 9.62 Å². The average Bonchev–Trinajstić information content (AvgIpc) is 3.04. The molecule has 0 aliphatic carbocycles. The molecule has 0 saturated carbocycles. The Hall–Kier alpha value is -2.06. The van der Waals surface area contributed by atoms with Crippen molar-refractivity contribution in [3.63, 3.8) is 0 Å². The minimum atomic E-state index is -3.61. The van der Waals surface area contributed by atoms with Gasteiger partial charge >= 0.3 is 0 Å². The van der Waals surface area contributed by atoms with Crippen LogP contribution in [0.25, 0.3) is 0 Å². The lowest BCUT2D eigenvalue weighted by Crippen LogP contribution is -2.36. The summed E-state index contributed by atoms with van der Waals surface area (Å²) < 4.78 is 31.9. The maximum atomic E-state index is 12.0. The highest BCUT2D eigenvalue weighted by molar-refractivity contribution is 7.92. The molecule has 1 aromatic carbocycles. The molecule has 0 bridgehead atoms. The van der Waals surface area contributed by atoms with Crippen LogP contribution in [0.15, 0.2) is 41.6 Å². The van der Waals surface area contributed by atoms with Gasteiger partial charge in [-0.05, 0) is 30.3 Å². The third-order valence-electron chi connectivity index (χ3n) is 3.26. The Morgan fingerprint density at radius 2 is 1.86 bits per heavy atom. The number of sulfonamides is 1. The first-order valence-electron chi connectivity index (χ1n) is 6.60. The summed E-state index contributed by atoms with van der Waals surface area (Å²) in [6.45, 7) is 3.13. The van der Waals surface area contributed by atoms with E-state index in [1.165, 1.54) is 12.3 Å². The zero-order chi connectivity index (χ0) is 14.7. The largest absolute Gasteiger partial charge is 0.378 e. The van der Waals surface area contributed by atoms with Crippen LogP contribution >= 0.6 is 0 Å². The fourth-order valence-corrected chi connectivity index (χ4v) is 3.13. The third kappa shape index (κ3) is 3.17. The van der Waals surface area contributed by atoms with E-state index in [-0.39, 0.29) is 5.03 Å². The summed E-state index contributed by atoms with van der Waals surface area (Å²) in [4.78, 5) is 2.21. The van der Waals surface area contributed by atoms with E-state index in [9.17, 15) is 8.42 Å². The molecule has 3 rings (SSSR count). The average molecular weight is 308 g/mol. The molecule has 1 aromatic heterocycles. The summed E-state index contributed by atoms with van der Waals surface area (Å²) in [6.07, 6.45) is 1.40. The first-order valence-corrected chi connectivity index (χ1v) is 8.08. The van der Waals surface area contributed by atoms with Crippen molar-refractivity contribution >= 4 is 21.4 Å². The number of nitrogens with one attached hydrogen (secondary N) is 2. The van der Waals surface area contributed by atoms with Gasteiger partial charge in [0.25, 0.3) is 10.0 Å². The monoisotopic (exact) mass is 308 g/mol. The summed E-state index contributed by atoms with van der Waals surface area (Å²) in [6, 6.07) is 8.70. The minimum absolute atomic E-state index is 0.0414.